The Morgan fingerprint density at radius 2 is 1.81 bits per heavy atom. The van der Waals surface area contributed by atoms with Crippen LogP contribution in [0.1, 0.15) is 46.5 Å². The van der Waals surface area contributed by atoms with Gasteiger partial charge >= 0.3 is 11.9 Å². The van der Waals surface area contributed by atoms with E-state index in [0.717, 1.165) is 0 Å². The first-order valence-electron chi connectivity index (χ1n) is 7.35. The van der Waals surface area contributed by atoms with E-state index in [1.54, 1.807) is 4.90 Å². The summed E-state index contributed by atoms with van der Waals surface area (Å²) < 4.78 is 10.1. The van der Waals surface area contributed by atoms with Crippen LogP contribution in [0.4, 0.5) is 0 Å². The number of likely N-dealkylation sites (tertiary alicyclic amines) is 1. The molecular weight excluding hydrogens is 274 g/mol. The molecule has 1 heterocycles. The van der Waals surface area contributed by atoms with Crippen LogP contribution in [0.2, 0.25) is 0 Å². The molecule has 0 aromatic carbocycles. The number of carbonyl (C=O) groups excluding carboxylic acids is 3. The summed E-state index contributed by atoms with van der Waals surface area (Å²) >= 11 is 0. The minimum Gasteiger partial charge on any atom is -0.467 e. The van der Waals surface area contributed by atoms with Crippen LogP contribution in [0.5, 0.6) is 0 Å². The molecule has 6 nitrogen and oxygen atoms in total. The van der Waals surface area contributed by atoms with Crippen LogP contribution in [-0.2, 0) is 23.9 Å². The number of rotatable bonds is 3. The van der Waals surface area contributed by atoms with E-state index in [2.05, 4.69) is 0 Å². The average Bonchev–Trinajstić information content (AvgIpc) is 2.66. The minimum atomic E-state index is -0.500. The molecule has 1 saturated heterocycles. The minimum absolute atomic E-state index is 0.0296. The number of hydrogen-bond donors (Lipinski definition) is 0. The largest absolute Gasteiger partial charge is 0.467 e. The zero-order valence-corrected chi connectivity index (χ0v) is 13.0. The predicted octanol–water partition coefficient (Wildman–Crippen LogP) is 1.27. The SMILES string of the molecule is COC(=O)C1CCC(=O)N1C1CC(C(=O)OC(C)(C)C)C1. The molecule has 0 spiro atoms. The summed E-state index contributed by atoms with van der Waals surface area (Å²) in [7, 11) is 1.33. The van der Waals surface area contributed by atoms with Gasteiger partial charge in [0.1, 0.15) is 11.6 Å². The number of hydrogen-bond acceptors (Lipinski definition) is 5. The van der Waals surface area contributed by atoms with E-state index >= 15 is 0 Å². The maximum atomic E-state index is 11.9. The molecule has 1 saturated carbocycles. The lowest BCUT2D eigenvalue weighted by Gasteiger charge is -2.42. The standard InChI is InChI=1S/C15H23NO5/c1-15(2,3)21-13(18)9-7-10(8-9)16-11(14(19)20-4)5-6-12(16)17/h9-11H,5-8H2,1-4H3. The van der Waals surface area contributed by atoms with Crippen LogP contribution >= 0.6 is 0 Å². The van der Waals surface area contributed by atoms with E-state index in [-0.39, 0.29) is 29.8 Å². The highest BCUT2D eigenvalue weighted by atomic mass is 16.6. The third-order valence-corrected chi connectivity index (χ3v) is 3.98. The summed E-state index contributed by atoms with van der Waals surface area (Å²) in [5, 5.41) is 0. The summed E-state index contributed by atoms with van der Waals surface area (Å²) in [4.78, 5) is 37.2. The first-order valence-corrected chi connectivity index (χ1v) is 7.35. The van der Waals surface area contributed by atoms with Crippen molar-refractivity contribution in [1.29, 1.82) is 0 Å². The first kappa shape index (κ1) is 15.8. The zero-order chi connectivity index (χ0) is 15.8. The summed E-state index contributed by atoms with van der Waals surface area (Å²) in [6.45, 7) is 5.50. The highest BCUT2D eigenvalue weighted by Gasteiger charge is 2.48. The van der Waals surface area contributed by atoms with Crippen LogP contribution in [-0.4, -0.2) is 47.5 Å². The fraction of sp³-hybridized carbons (Fsp3) is 0.800. The van der Waals surface area contributed by atoms with E-state index in [0.29, 0.717) is 25.7 Å². The van der Waals surface area contributed by atoms with Gasteiger partial charge in [0.15, 0.2) is 0 Å². The molecule has 0 aromatic rings. The van der Waals surface area contributed by atoms with Crippen molar-refractivity contribution in [2.24, 2.45) is 5.92 Å². The van der Waals surface area contributed by atoms with E-state index in [9.17, 15) is 14.4 Å². The molecule has 0 bridgehead atoms. The van der Waals surface area contributed by atoms with Gasteiger partial charge in [-0.15, -0.1) is 0 Å². The van der Waals surface area contributed by atoms with E-state index in [4.69, 9.17) is 9.47 Å². The fourth-order valence-electron chi connectivity index (χ4n) is 2.92. The molecule has 0 radical (unpaired) electrons. The normalized spacial score (nSPS) is 29.0. The maximum absolute atomic E-state index is 11.9. The van der Waals surface area contributed by atoms with Crippen molar-refractivity contribution in [3.63, 3.8) is 0 Å². The number of esters is 2. The summed E-state index contributed by atoms with van der Waals surface area (Å²) in [5.74, 6) is -0.805. The van der Waals surface area contributed by atoms with Crippen molar-refractivity contribution < 1.29 is 23.9 Å². The smallest absolute Gasteiger partial charge is 0.328 e. The van der Waals surface area contributed by atoms with Crippen molar-refractivity contribution in [1.82, 2.24) is 4.90 Å². The Kier molecular flexibility index (Phi) is 4.25. The molecule has 1 unspecified atom stereocenters. The van der Waals surface area contributed by atoms with E-state index in [1.807, 2.05) is 20.8 Å². The van der Waals surface area contributed by atoms with Gasteiger partial charge in [-0.1, -0.05) is 0 Å². The van der Waals surface area contributed by atoms with Crippen molar-refractivity contribution >= 4 is 17.8 Å². The number of ether oxygens (including phenoxy) is 2. The molecule has 2 aliphatic rings. The molecule has 1 amide bonds. The van der Waals surface area contributed by atoms with Gasteiger partial charge in [0.25, 0.3) is 0 Å². The second-order valence-corrected chi connectivity index (χ2v) is 6.73. The highest BCUT2D eigenvalue weighted by molar-refractivity contribution is 5.88. The molecule has 1 aliphatic carbocycles. The molecule has 118 valence electrons. The Balaban J connectivity index is 1.92. The van der Waals surface area contributed by atoms with Crippen molar-refractivity contribution in [3.8, 4) is 0 Å². The molecule has 1 atom stereocenters. The van der Waals surface area contributed by atoms with Gasteiger partial charge < -0.3 is 14.4 Å². The number of methoxy groups -OCH3 is 1. The Bertz CT molecular complexity index is 447. The Hall–Kier alpha value is -1.59. The monoisotopic (exact) mass is 297 g/mol. The third-order valence-electron chi connectivity index (χ3n) is 3.98. The van der Waals surface area contributed by atoms with E-state index in [1.165, 1.54) is 7.11 Å². The molecular formula is C15H23NO5. The maximum Gasteiger partial charge on any atom is 0.328 e. The van der Waals surface area contributed by atoms with Gasteiger partial charge in [-0.2, -0.15) is 0 Å². The average molecular weight is 297 g/mol. The summed E-state index contributed by atoms with van der Waals surface area (Å²) in [6.07, 6.45) is 1.99. The quantitative estimate of drug-likeness (QED) is 0.734. The molecule has 0 aromatic heterocycles. The lowest BCUT2D eigenvalue weighted by molar-refractivity contribution is -0.168. The number of amides is 1. The fourth-order valence-corrected chi connectivity index (χ4v) is 2.92. The van der Waals surface area contributed by atoms with Crippen molar-refractivity contribution in [2.75, 3.05) is 7.11 Å². The van der Waals surface area contributed by atoms with Crippen LogP contribution in [0.3, 0.4) is 0 Å². The Labute approximate surface area is 124 Å². The summed E-state index contributed by atoms with van der Waals surface area (Å²) in [6, 6.07) is -0.547. The van der Waals surface area contributed by atoms with Crippen LogP contribution in [0, 0.1) is 5.92 Å². The first-order chi connectivity index (χ1) is 9.73. The zero-order valence-electron chi connectivity index (χ0n) is 13.0. The lowest BCUT2D eigenvalue weighted by Crippen LogP contribution is -2.53. The van der Waals surface area contributed by atoms with Gasteiger partial charge in [0.05, 0.1) is 13.0 Å². The Morgan fingerprint density at radius 1 is 1.19 bits per heavy atom. The lowest BCUT2D eigenvalue weighted by atomic mass is 9.79. The van der Waals surface area contributed by atoms with Gasteiger partial charge in [-0.05, 0) is 40.0 Å². The topological polar surface area (TPSA) is 72.9 Å². The predicted molar refractivity (Wildman–Crippen MR) is 74.2 cm³/mol. The summed E-state index contributed by atoms with van der Waals surface area (Å²) in [5.41, 5.74) is -0.500. The van der Waals surface area contributed by atoms with Gasteiger partial charge in [0.2, 0.25) is 5.91 Å². The molecule has 2 fully saturated rings. The third kappa shape index (κ3) is 3.36. The second kappa shape index (κ2) is 5.66. The van der Waals surface area contributed by atoms with Gasteiger partial charge in [-0.3, -0.25) is 9.59 Å². The van der Waals surface area contributed by atoms with Gasteiger partial charge in [-0.25, -0.2) is 4.79 Å². The van der Waals surface area contributed by atoms with Crippen molar-refractivity contribution in [3.05, 3.63) is 0 Å². The number of carbonyl (C=O) groups is 3. The molecule has 1 aliphatic heterocycles. The van der Waals surface area contributed by atoms with Crippen LogP contribution < -0.4 is 0 Å². The molecule has 21 heavy (non-hydrogen) atoms. The molecule has 0 N–H and O–H groups in total. The van der Waals surface area contributed by atoms with Gasteiger partial charge in [0, 0.05) is 12.5 Å². The van der Waals surface area contributed by atoms with Crippen LogP contribution in [0.25, 0.3) is 0 Å². The molecule has 2 rings (SSSR count). The highest BCUT2D eigenvalue weighted by Crippen LogP contribution is 2.38. The second-order valence-electron chi connectivity index (χ2n) is 6.73. The number of nitrogens with zero attached hydrogens (tertiary/aromatic N) is 1. The van der Waals surface area contributed by atoms with Crippen molar-refractivity contribution in [2.45, 2.75) is 64.1 Å². The van der Waals surface area contributed by atoms with Crippen LogP contribution in [0.15, 0.2) is 0 Å². The molecule has 6 heteroatoms. The Morgan fingerprint density at radius 3 is 2.33 bits per heavy atom. The van der Waals surface area contributed by atoms with E-state index < -0.39 is 11.6 Å².